The summed E-state index contributed by atoms with van der Waals surface area (Å²) < 4.78 is 1.86. The molecule has 0 aliphatic heterocycles. The van der Waals surface area contributed by atoms with Crippen LogP contribution in [0.4, 0.5) is 10.5 Å². The van der Waals surface area contributed by atoms with Gasteiger partial charge in [0.05, 0.1) is 10.6 Å². The van der Waals surface area contributed by atoms with Crippen LogP contribution in [-0.4, -0.2) is 27.2 Å². The third kappa shape index (κ3) is 3.47. The van der Waals surface area contributed by atoms with Gasteiger partial charge in [0.25, 0.3) is 0 Å². The monoisotopic (exact) mass is 383 g/mol. The van der Waals surface area contributed by atoms with E-state index in [2.05, 4.69) is 20.7 Å². The molecule has 3 heterocycles. The van der Waals surface area contributed by atoms with Gasteiger partial charge in [0.2, 0.25) is 4.96 Å². The third-order valence-corrected chi connectivity index (χ3v) is 5.68. The van der Waals surface area contributed by atoms with E-state index in [1.165, 1.54) is 0 Å². The molecule has 0 saturated carbocycles. The van der Waals surface area contributed by atoms with Crippen LogP contribution in [0.25, 0.3) is 15.7 Å². The van der Waals surface area contributed by atoms with Crippen LogP contribution in [0.2, 0.25) is 0 Å². The molecular weight excluding hydrogens is 366 g/mol. The number of rotatable bonds is 5. The second-order valence-electron chi connectivity index (χ2n) is 5.78. The summed E-state index contributed by atoms with van der Waals surface area (Å²) in [6, 6.07) is 11.5. The minimum absolute atomic E-state index is 0.205. The Labute approximate surface area is 158 Å². The predicted molar refractivity (Wildman–Crippen MR) is 106 cm³/mol. The minimum Gasteiger partial charge on any atom is -0.337 e. The van der Waals surface area contributed by atoms with Gasteiger partial charge in [-0.3, -0.25) is 0 Å². The molecule has 0 fully saturated rings. The fourth-order valence-electron chi connectivity index (χ4n) is 2.59. The van der Waals surface area contributed by atoms with Crippen LogP contribution < -0.4 is 10.6 Å². The van der Waals surface area contributed by atoms with Crippen LogP contribution in [0.3, 0.4) is 0 Å². The van der Waals surface area contributed by atoms with Crippen LogP contribution in [0.15, 0.2) is 47.2 Å². The SMILES string of the molecule is Cc1ccccc1NC(=O)NCCc1csc2nc(-c3cccs3)nn12. The van der Waals surface area contributed by atoms with E-state index in [-0.39, 0.29) is 6.03 Å². The van der Waals surface area contributed by atoms with Gasteiger partial charge in [0.1, 0.15) is 0 Å². The van der Waals surface area contributed by atoms with Gasteiger partial charge < -0.3 is 10.6 Å². The Morgan fingerprint density at radius 1 is 1.19 bits per heavy atom. The number of nitrogens with zero attached hydrogens (tertiary/aromatic N) is 3. The van der Waals surface area contributed by atoms with Crippen molar-refractivity contribution in [3.8, 4) is 10.7 Å². The summed E-state index contributed by atoms with van der Waals surface area (Å²) in [5.41, 5.74) is 2.89. The number of urea groups is 1. The summed E-state index contributed by atoms with van der Waals surface area (Å²) in [6.07, 6.45) is 0.689. The number of hydrogen-bond acceptors (Lipinski definition) is 5. The highest BCUT2D eigenvalue weighted by Crippen LogP contribution is 2.24. The van der Waals surface area contributed by atoms with Gasteiger partial charge in [-0.15, -0.1) is 27.8 Å². The Bertz CT molecular complexity index is 1040. The molecule has 26 heavy (non-hydrogen) atoms. The van der Waals surface area contributed by atoms with Crippen LogP contribution in [0.5, 0.6) is 0 Å². The molecular formula is C18H17N5OS2. The average Bonchev–Trinajstić information content (AvgIpc) is 3.34. The first kappa shape index (κ1) is 16.7. The van der Waals surface area contributed by atoms with Crippen molar-refractivity contribution in [1.29, 1.82) is 0 Å². The molecule has 0 bridgehead atoms. The molecule has 2 N–H and O–H groups in total. The number of aryl methyl sites for hydroxylation is 1. The summed E-state index contributed by atoms with van der Waals surface area (Å²) in [5, 5.41) is 14.4. The minimum atomic E-state index is -0.205. The molecule has 4 aromatic rings. The Hall–Kier alpha value is -2.71. The van der Waals surface area contributed by atoms with Crippen molar-refractivity contribution in [2.45, 2.75) is 13.3 Å². The summed E-state index contributed by atoms with van der Waals surface area (Å²) in [7, 11) is 0. The van der Waals surface area contributed by atoms with E-state index < -0.39 is 0 Å². The molecule has 0 spiro atoms. The van der Waals surface area contributed by atoms with Crippen molar-refractivity contribution in [2.75, 3.05) is 11.9 Å². The largest absolute Gasteiger partial charge is 0.337 e. The zero-order chi connectivity index (χ0) is 17.9. The van der Waals surface area contributed by atoms with Crippen molar-refractivity contribution >= 4 is 39.4 Å². The van der Waals surface area contributed by atoms with Crippen molar-refractivity contribution in [3.05, 3.63) is 58.4 Å². The molecule has 0 aliphatic rings. The van der Waals surface area contributed by atoms with Gasteiger partial charge in [0.15, 0.2) is 5.82 Å². The van der Waals surface area contributed by atoms with Gasteiger partial charge in [-0.2, -0.15) is 4.98 Å². The van der Waals surface area contributed by atoms with E-state index in [1.54, 1.807) is 22.7 Å². The van der Waals surface area contributed by atoms with Gasteiger partial charge in [0, 0.05) is 24.0 Å². The number of carbonyl (C=O) groups excluding carboxylic acids is 1. The Morgan fingerprint density at radius 2 is 2.08 bits per heavy atom. The molecule has 0 radical (unpaired) electrons. The van der Waals surface area contributed by atoms with E-state index in [9.17, 15) is 4.79 Å². The summed E-state index contributed by atoms with van der Waals surface area (Å²) in [5.74, 6) is 0.748. The normalized spacial score (nSPS) is 11.0. The number of anilines is 1. The fourth-order valence-corrected chi connectivity index (χ4v) is 4.10. The van der Waals surface area contributed by atoms with E-state index >= 15 is 0 Å². The maximum absolute atomic E-state index is 12.1. The molecule has 0 saturated heterocycles. The first-order chi connectivity index (χ1) is 12.7. The fraction of sp³-hybridized carbons (Fsp3) is 0.167. The standard InChI is InChI=1S/C18H17N5OS2/c1-12-5-2-3-6-14(12)20-17(24)19-9-8-13-11-26-18-21-16(22-23(13)18)15-7-4-10-25-15/h2-7,10-11H,8-9H2,1H3,(H2,19,20,24). The van der Waals surface area contributed by atoms with Crippen molar-refractivity contribution in [1.82, 2.24) is 19.9 Å². The molecule has 0 atom stereocenters. The number of carbonyl (C=O) groups is 1. The second kappa shape index (κ2) is 7.27. The first-order valence-electron chi connectivity index (χ1n) is 8.18. The lowest BCUT2D eigenvalue weighted by atomic mass is 10.2. The molecule has 6 nitrogen and oxygen atoms in total. The van der Waals surface area contributed by atoms with E-state index in [1.807, 2.05) is 58.6 Å². The van der Waals surface area contributed by atoms with E-state index in [0.717, 1.165) is 32.6 Å². The Balaban J connectivity index is 1.37. The molecule has 2 amide bonds. The second-order valence-corrected chi connectivity index (χ2v) is 7.56. The Morgan fingerprint density at radius 3 is 2.88 bits per heavy atom. The quantitative estimate of drug-likeness (QED) is 0.543. The number of fused-ring (bicyclic) bond motifs is 1. The number of para-hydroxylation sites is 1. The molecule has 0 unspecified atom stereocenters. The van der Waals surface area contributed by atoms with Crippen LogP contribution in [-0.2, 0) is 6.42 Å². The number of thiazole rings is 1. The third-order valence-electron chi connectivity index (χ3n) is 3.95. The molecule has 0 aliphatic carbocycles. The summed E-state index contributed by atoms with van der Waals surface area (Å²) in [6.45, 7) is 2.49. The highest BCUT2D eigenvalue weighted by atomic mass is 32.1. The zero-order valence-corrected chi connectivity index (χ0v) is 15.7. The number of amides is 2. The molecule has 4 rings (SSSR count). The van der Waals surface area contributed by atoms with Gasteiger partial charge in [-0.05, 0) is 30.0 Å². The Kier molecular flexibility index (Phi) is 4.68. The number of benzene rings is 1. The van der Waals surface area contributed by atoms with E-state index in [4.69, 9.17) is 0 Å². The average molecular weight is 384 g/mol. The van der Waals surface area contributed by atoms with E-state index in [0.29, 0.717) is 13.0 Å². The van der Waals surface area contributed by atoms with Crippen LogP contribution in [0, 0.1) is 6.92 Å². The molecule has 8 heteroatoms. The number of hydrogen-bond donors (Lipinski definition) is 2. The lowest BCUT2D eigenvalue weighted by molar-refractivity contribution is 0.252. The lowest BCUT2D eigenvalue weighted by Gasteiger charge is -2.09. The summed E-state index contributed by atoms with van der Waals surface area (Å²) >= 11 is 3.19. The molecule has 1 aromatic carbocycles. The lowest BCUT2D eigenvalue weighted by Crippen LogP contribution is -2.30. The maximum atomic E-state index is 12.1. The maximum Gasteiger partial charge on any atom is 0.319 e. The topological polar surface area (TPSA) is 71.3 Å². The molecule has 132 valence electrons. The van der Waals surface area contributed by atoms with Crippen molar-refractivity contribution < 1.29 is 4.79 Å². The van der Waals surface area contributed by atoms with Gasteiger partial charge in [-0.1, -0.05) is 24.3 Å². The van der Waals surface area contributed by atoms with Crippen molar-refractivity contribution in [2.24, 2.45) is 0 Å². The van der Waals surface area contributed by atoms with Crippen LogP contribution >= 0.6 is 22.7 Å². The number of nitrogens with one attached hydrogen (secondary N) is 2. The number of thiophene rings is 1. The van der Waals surface area contributed by atoms with Crippen LogP contribution in [0.1, 0.15) is 11.3 Å². The smallest absolute Gasteiger partial charge is 0.319 e. The highest BCUT2D eigenvalue weighted by molar-refractivity contribution is 7.15. The summed E-state index contributed by atoms with van der Waals surface area (Å²) in [4.78, 5) is 18.6. The highest BCUT2D eigenvalue weighted by Gasteiger charge is 2.12. The van der Waals surface area contributed by atoms with Gasteiger partial charge in [-0.25, -0.2) is 9.31 Å². The zero-order valence-electron chi connectivity index (χ0n) is 14.1. The number of aromatic nitrogens is 3. The molecule has 3 aromatic heterocycles. The van der Waals surface area contributed by atoms with Crippen molar-refractivity contribution in [3.63, 3.8) is 0 Å². The van der Waals surface area contributed by atoms with Gasteiger partial charge >= 0.3 is 6.03 Å². The predicted octanol–water partition coefficient (Wildman–Crippen LogP) is 4.19. The first-order valence-corrected chi connectivity index (χ1v) is 9.94.